The fraction of sp³-hybridized carbons (Fsp3) is 0.0909. The summed E-state index contributed by atoms with van der Waals surface area (Å²) in [4.78, 5) is 44.0. The van der Waals surface area contributed by atoms with Crippen LogP contribution in [0.2, 0.25) is 0 Å². The van der Waals surface area contributed by atoms with Gasteiger partial charge in [-0.25, -0.2) is 9.37 Å². The summed E-state index contributed by atoms with van der Waals surface area (Å²) in [5, 5.41) is 4.63. The van der Waals surface area contributed by atoms with Gasteiger partial charge in [0.25, 0.3) is 11.5 Å². The number of benzene rings is 2. The number of esters is 1. The lowest BCUT2D eigenvalue weighted by Crippen LogP contribution is -2.31. The van der Waals surface area contributed by atoms with Crippen LogP contribution in [0, 0.1) is 5.82 Å². The highest BCUT2D eigenvalue weighted by Crippen LogP contribution is 2.30. The average Bonchev–Trinajstić information content (AvgIpc) is 3.21. The molecule has 0 radical (unpaired) electrons. The first-order valence-corrected chi connectivity index (χ1v) is 10.1. The van der Waals surface area contributed by atoms with Crippen molar-refractivity contribution in [3.63, 3.8) is 0 Å². The van der Waals surface area contributed by atoms with Gasteiger partial charge in [0.05, 0.1) is 10.9 Å². The number of amides is 1. The van der Waals surface area contributed by atoms with Crippen LogP contribution >= 0.6 is 11.3 Å². The second kappa shape index (κ2) is 8.88. The van der Waals surface area contributed by atoms with Gasteiger partial charge in [-0.05, 0) is 17.7 Å². The lowest BCUT2D eigenvalue weighted by atomic mass is 10.1. The van der Waals surface area contributed by atoms with Gasteiger partial charge in [0.15, 0.2) is 0 Å². The lowest BCUT2D eigenvalue weighted by Gasteiger charge is -2.07. The molecule has 2 heterocycles. The summed E-state index contributed by atoms with van der Waals surface area (Å²) in [6.07, 6.45) is 0. The molecule has 0 saturated heterocycles. The van der Waals surface area contributed by atoms with Crippen molar-refractivity contribution in [2.24, 2.45) is 0 Å². The maximum Gasteiger partial charge on any atom is 0.325 e. The Morgan fingerprint density at radius 1 is 1.10 bits per heavy atom. The van der Waals surface area contributed by atoms with Gasteiger partial charge in [-0.3, -0.25) is 14.4 Å². The van der Waals surface area contributed by atoms with Crippen LogP contribution in [-0.2, 0) is 16.1 Å². The molecule has 2 aromatic heterocycles. The SMILES string of the molecule is O=C(CNC(=O)c1ccccc1F)OCc1nc2scc(-c3ccccc3)c2c(=O)[nH]1. The molecule has 9 heteroatoms. The summed E-state index contributed by atoms with van der Waals surface area (Å²) in [6, 6.07) is 14.9. The fourth-order valence-corrected chi connectivity index (χ4v) is 3.95. The van der Waals surface area contributed by atoms with E-state index in [-0.39, 0.29) is 23.6 Å². The molecule has 31 heavy (non-hydrogen) atoms. The summed E-state index contributed by atoms with van der Waals surface area (Å²) in [6.45, 7) is -0.713. The number of hydrogen-bond donors (Lipinski definition) is 2. The van der Waals surface area contributed by atoms with Crippen LogP contribution in [0.1, 0.15) is 16.2 Å². The summed E-state index contributed by atoms with van der Waals surface area (Å²) in [5.74, 6) is -1.97. The van der Waals surface area contributed by atoms with Gasteiger partial charge >= 0.3 is 5.97 Å². The van der Waals surface area contributed by atoms with Gasteiger partial charge in [-0.2, -0.15) is 0 Å². The van der Waals surface area contributed by atoms with Crippen LogP contribution in [0.5, 0.6) is 0 Å². The zero-order valence-electron chi connectivity index (χ0n) is 16.1. The summed E-state index contributed by atoms with van der Waals surface area (Å²) >= 11 is 1.32. The largest absolute Gasteiger partial charge is 0.456 e. The number of fused-ring (bicyclic) bond motifs is 1. The average molecular weight is 437 g/mol. The zero-order chi connectivity index (χ0) is 21.8. The molecule has 2 N–H and O–H groups in total. The Morgan fingerprint density at radius 3 is 2.61 bits per heavy atom. The number of nitrogens with one attached hydrogen (secondary N) is 2. The molecule has 0 atom stereocenters. The number of aromatic amines is 1. The van der Waals surface area contributed by atoms with Crippen molar-refractivity contribution >= 4 is 33.4 Å². The fourth-order valence-electron chi connectivity index (χ4n) is 2.98. The molecule has 156 valence electrons. The van der Waals surface area contributed by atoms with E-state index in [1.165, 1.54) is 29.5 Å². The van der Waals surface area contributed by atoms with Crippen LogP contribution < -0.4 is 10.9 Å². The van der Waals surface area contributed by atoms with E-state index in [2.05, 4.69) is 15.3 Å². The van der Waals surface area contributed by atoms with Crippen molar-refractivity contribution in [1.29, 1.82) is 0 Å². The molecule has 0 fully saturated rings. The number of H-pyrrole nitrogens is 1. The van der Waals surface area contributed by atoms with Crippen molar-refractivity contribution < 1.29 is 18.7 Å². The number of carbonyl (C=O) groups is 2. The maximum absolute atomic E-state index is 13.6. The minimum atomic E-state index is -0.747. The predicted molar refractivity (Wildman–Crippen MR) is 114 cm³/mol. The van der Waals surface area contributed by atoms with E-state index >= 15 is 0 Å². The molecule has 0 unspecified atom stereocenters. The standard InChI is InChI=1S/C22H16FN3O4S/c23-16-9-5-4-8-14(16)20(28)24-10-18(27)30-11-17-25-21(29)19-15(12-31-22(19)26-17)13-6-2-1-3-7-13/h1-9,12H,10-11H2,(H,24,28)(H,25,26,29). The van der Waals surface area contributed by atoms with E-state index in [1.807, 2.05) is 35.7 Å². The van der Waals surface area contributed by atoms with E-state index in [1.54, 1.807) is 0 Å². The second-order valence-corrected chi connectivity index (χ2v) is 7.39. The first-order chi connectivity index (χ1) is 15.0. The Labute approximate surface area is 179 Å². The van der Waals surface area contributed by atoms with Crippen LogP contribution in [0.15, 0.2) is 64.8 Å². The van der Waals surface area contributed by atoms with E-state index < -0.39 is 24.2 Å². The van der Waals surface area contributed by atoms with Gasteiger partial charge < -0.3 is 15.0 Å². The number of rotatable bonds is 6. The Hall–Kier alpha value is -3.85. The topological polar surface area (TPSA) is 101 Å². The van der Waals surface area contributed by atoms with Crippen molar-refractivity contribution in [2.45, 2.75) is 6.61 Å². The number of aromatic nitrogens is 2. The third-order valence-corrected chi connectivity index (χ3v) is 5.33. The first kappa shape index (κ1) is 20.4. The molecule has 0 saturated carbocycles. The number of carbonyl (C=O) groups excluding carboxylic acids is 2. The quantitative estimate of drug-likeness (QED) is 0.451. The Kier molecular flexibility index (Phi) is 5.85. The van der Waals surface area contributed by atoms with Gasteiger partial charge in [-0.15, -0.1) is 11.3 Å². The molecular weight excluding hydrogens is 421 g/mol. The number of hydrogen-bond acceptors (Lipinski definition) is 6. The number of halogens is 1. The van der Waals surface area contributed by atoms with Crippen molar-refractivity contribution in [2.75, 3.05) is 6.54 Å². The first-order valence-electron chi connectivity index (χ1n) is 9.27. The minimum Gasteiger partial charge on any atom is -0.456 e. The van der Waals surface area contributed by atoms with Crippen LogP contribution in [0.4, 0.5) is 4.39 Å². The highest BCUT2D eigenvalue weighted by atomic mass is 32.1. The van der Waals surface area contributed by atoms with Crippen molar-refractivity contribution in [1.82, 2.24) is 15.3 Å². The normalized spacial score (nSPS) is 10.7. The predicted octanol–water partition coefficient (Wildman–Crippen LogP) is 3.26. The molecule has 2 aromatic carbocycles. The summed E-state index contributed by atoms with van der Waals surface area (Å²) in [5.41, 5.74) is 1.20. The minimum absolute atomic E-state index is 0.168. The monoisotopic (exact) mass is 437 g/mol. The maximum atomic E-state index is 13.6. The molecule has 0 spiro atoms. The third-order valence-electron chi connectivity index (χ3n) is 4.46. The van der Waals surface area contributed by atoms with Crippen LogP contribution in [0.3, 0.4) is 0 Å². The second-order valence-electron chi connectivity index (χ2n) is 6.53. The van der Waals surface area contributed by atoms with E-state index in [9.17, 15) is 18.8 Å². The highest BCUT2D eigenvalue weighted by molar-refractivity contribution is 7.17. The molecule has 0 aliphatic carbocycles. The highest BCUT2D eigenvalue weighted by Gasteiger charge is 2.15. The molecule has 4 rings (SSSR count). The Morgan fingerprint density at radius 2 is 1.84 bits per heavy atom. The number of nitrogens with zero attached hydrogens (tertiary/aromatic N) is 1. The van der Waals surface area contributed by atoms with Crippen molar-refractivity contribution in [3.05, 3.63) is 87.5 Å². The third kappa shape index (κ3) is 4.51. The molecular formula is C22H16FN3O4S. The number of thiophene rings is 1. The summed E-state index contributed by atoms with van der Waals surface area (Å²) in [7, 11) is 0. The van der Waals surface area contributed by atoms with Crippen LogP contribution in [-0.4, -0.2) is 28.4 Å². The molecule has 0 aliphatic heterocycles. The molecule has 0 aliphatic rings. The van der Waals surface area contributed by atoms with Crippen LogP contribution in [0.25, 0.3) is 21.3 Å². The molecule has 0 bridgehead atoms. The molecule has 4 aromatic rings. The Bertz CT molecular complexity index is 1320. The van der Waals surface area contributed by atoms with Crippen molar-refractivity contribution in [3.8, 4) is 11.1 Å². The molecule has 7 nitrogen and oxygen atoms in total. The molecule has 1 amide bonds. The van der Waals surface area contributed by atoms with Gasteiger partial charge in [0, 0.05) is 10.9 Å². The van der Waals surface area contributed by atoms with Gasteiger partial charge in [0.1, 0.15) is 29.6 Å². The zero-order valence-corrected chi connectivity index (χ0v) is 16.9. The van der Waals surface area contributed by atoms with E-state index in [0.717, 1.165) is 17.2 Å². The van der Waals surface area contributed by atoms with E-state index in [4.69, 9.17) is 4.74 Å². The van der Waals surface area contributed by atoms with E-state index in [0.29, 0.717) is 10.2 Å². The lowest BCUT2D eigenvalue weighted by molar-refractivity contribution is -0.143. The Balaban J connectivity index is 1.40. The van der Waals surface area contributed by atoms with Gasteiger partial charge in [-0.1, -0.05) is 42.5 Å². The van der Waals surface area contributed by atoms with Gasteiger partial charge in [0.2, 0.25) is 0 Å². The smallest absolute Gasteiger partial charge is 0.325 e. The number of ether oxygens (including phenoxy) is 1. The summed E-state index contributed by atoms with van der Waals surface area (Å²) < 4.78 is 18.7.